The average Bonchev–Trinajstić information content (AvgIpc) is 3.23. The van der Waals surface area contributed by atoms with Gasteiger partial charge in [0.15, 0.2) is 11.6 Å². The number of nitrogens with one attached hydrogen (secondary N) is 1. The van der Waals surface area contributed by atoms with Gasteiger partial charge in [0.2, 0.25) is 5.91 Å². The molecule has 2 aromatic carbocycles. The number of nitrogens with zero attached hydrogens (tertiary/aromatic N) is 1. The molecular formula is C23H22F4N2O3. The maximum Gasteiger partial charge on any atom is 0.250 e. The van der Waals surface area contributed by atoms with Gasteiger partial charge in [-0.1, -0.05) is 6.07 Å². The minimum atomic E-state index is -1.61. The molecule has 1 aliphatic rings. The number of carbonyl (C=O) groups is 1. The molecule has 32 heavy (non-hydrogen) atoms. The zero-order chi connectivity index (χ0) is 23.4. The van der Waals surface area contributed by atoms with E-state index in [9.17, 15) is 32.6 Å². The summed E-state index contributed by atoms with van der Waals surface area (Å²) in [6.45, 7) is 0.324. The Morgan fingerprint density at radius 2 is 1.84 bits per heavy atom. The van der Waals surface area contributed by atoms with Crippen molar-refractivity contribution in [2.45, 2.75) is 37.3 Å². The number of aliphatic hydroxyl groups is 2. The minimum absolute atomic E-state index is 0.0482. The number of likely N-dealkylation sites (tertiary alicyclic amines) is 1. The van der Waals surface area contributed by atoms with Gasteiger partial charge in [0.1, 0.15) is 23.5 Å². The number of halogens is 4. The zero-order valence-corrected chi connectivity index (χ0v) is 16.9. The third-order valence-electron chi connectivity index (χ3n) is 5.58. The SMILES string of the molecule is N=CC(O)/C(O)=C/C(=O)N1CCC[C@@H]1C[C@@H](c1ccc(F)c(F)c1)c1cc(F)ccc1F. The van der Waals surface area contributed by atoms with Crippen LogP contribution >= 0.6 is 0 Å². The summed E-state index contributed by atoms with van der Waals surface area (Å²) in [5, 5.41) is 26.2. The molecule has 3 atom stereocenters. The van der Waals surface area contributed by atoms with Gasteiger partial charge in [0.05, 0.1) is 0 Å². The second-order valence-electron chi connectivity index (χ2n) is 7.64. The standard InChI is InChI=1S/C23H22F4N2O3/c24-14-4-6-18(25)17(9-14)16(13-3-5-19(26)20(27)8-13)10-15-2-1-7-29(15)23(32)11-21(30)22(31)12-28/h3-6,8-9,11-12,15-16,22,28,30-31H,1-2,7,10H2/b21-11-,28-12?/t15-,16+,22?/m1/s1. The first-order chi connectivity index (χ1) is 15.2. The van der Waals surface area contributed by atoms with Crippen LogP contribution < -0.4 is 0 Å². The highest BCUT2D eigenvalue weighted by Gasteiger charge is 2.32. The quantitative estimate of drug-likeness (QED) is 0.256. The van der Waals surface area contributed by atoms with E-state index in [0.717, 1.165) is 36.4 Å². The van der Waals surface area contributed by atoms with Crippen molar-refractivity contribution in [2.75, 3.05) is 6.54 Å². The fourth-order valence-electron chi connectivity index (χ4n) is 3.98. The number of rotatable bonds is 7. The van der Waals surface area contributed by atoms with E-state index in [4.69, 9.17) is 5.41 Å². The number of hydrogen-bond acceptors (Lipinski definition) is 4. The lowest BCUT2D eigenvalue weighted by molar-refractivity contribution is -0.127. The molecule has 1 saturated heterocycles. The summed E-state index contributed by atoms with van der Waals surface area (Å²) < 4.78 is 55.9. The van der Waals surface area contributed by atoms with E-state index in [1.54, 1.807) is 0 Å². The van der Waals surface area contributed by atoms with Crippen LogP contribution in [-0.4, -0.2) is 45.9 Å². The van der Waals surface area contributed by atoms with E-state index in [2.05, 4.69) is 0 Å². The van der Waals surface area contributed by atoms with Gasteiger partial charge in [-0.05, 0) is 60.7 Å². The third kappa shape index (κ3) is 5.16. The molecule has 1 amide bonds. The smallest absolute Gasteiger partial charge is 0.250 e. The molecular weight excluding hydrogens is 428 g/mol. The molecule has 3 N–H and O–H groups in total. The van der Waals surface area contributed by atoms with E-state index in [1.165, 1.54) is 11.0 Å². The Bertz CT molecular complexity index is 1040. The molecule has 5 nitrogen and oxygen atoms in total. The van der Waals surface area contributed by atoms with Crippen LogP contribution in [0, 0.1) is 28.7 Å². The molecule has 0 bridgehead atoms. The molecule has 1 unspecified atom stereocenters. The van der Waals surface area contributed by atoms with Crippen molar-refractivity contribution in [3.05, 3.63) is 82.6 Å². The molecule has 0 aliphatic carbocycles. The average molecular weight is 450 g/mol. The van der Waals surface area contributed by atoms with Gasteiger partial charge in [-0.15, -0.1) is 0 Å². The topological polar surface area (TPSA) is 84.6 Å². The van der Waals surface area contributed by atoms with Crippen LogP contribution in [0.3, 0.4) is 0 Å². The predicted molar refractivity (Wildman–Crippen MR) is 109 cm³/mol. The van der Waals surface area contributed by atoms with E-state index in [0.29, 0.717) is 25.6 Å². The van der Waals surface area contributed by atoms with Crippen LogP contribution in [0.5, 0.6) is 0 Å². The molecule has 0 spiro atoms. The van der Waals surface area contributed by atoms with Crippen molar-refractivity contribution in [2.24, 2.45) is 0 Å². The molecule has 0 radical (unpaired) electrons. The number of carbonyl (C=O) groups excluding carboxylic acids is 1. The van der Waals surface area contributed by atoms with Gasteiger partial charge in [-0.25, -0.2) is 17.6 Å². The summed E-state index contributed by atoms with van der Waals surface area (Å²) in [7, 11) is 0. The second-order valence-corrected chi connectivity index (χ2v) is 7.64. The Morgan fingerprint density at radius 3 is 2.53 bits per heavy atom. The number of benzene rings is 2. The molecule has 0 saturated carbocycles. The Kier molecular flexibility index (Phi) is 7.29. The maximum absolute atomic E-state index is 14.6. The van der Waals surface area contributed by atoms with Crippen LogP contribution in [0.25, 0.3) is 0 Å². The summed E-state index contributed by atoms with van der Waals surface area (Å²) in [5.74, 6) is -5.79. The fourth-order valence-corrected chi connectivity index (χ4v) is 3.98. The first-order valence-electron chi connectivity index (χ1n) is 10.0. The Hall–Kier alpha value is -3.20. The van der Waals surface area contributed by atoms with Crippen LogP contribution in [0.4, 0.5) is 17.6 Å². The molecule has 1 fully saturated rings. The fraction of sp³-hybridized carbons (Fsp3) is 0.304. The van der Waals surface area contributed by atoms with Crippen molar-refractivity contribution in [1.29, 1.82) is 5.41 Å². The predicted octanol–water partition coefficient (Wildman–Crippen LogP) is 4.21. The number of aliphatic hydroxyl groups excluding tert-OH is 2. The summed E-state index contributed by atoms with van der Waals surface area (Å²) in [5.41, 5.74) is 0.179. The van der Waals surface area contributed by atoms with Crippen LogP contribution in [-0.2, 0) is 4.79 Å². The summed E-state index contributed by atoms with van der Waals surface area (Å²) in [6, 6.07) is 5.56. The van der Waals surface area contributed by atoms with Gasteiger partial charge < -0.3 is 20.5 Å². The summed E-state index contributed by atoms with van der Waals surface area (Å²) >= 11 is 0. The van der Waals surface area contributed by atoms with Gasteiger partial charge in [0.25, 0.3) is 0 Å². The van der Waals surface area contributed by atoms with Crippen LogP contribution in [0.2, 0.25) is 0 Å². The highest BCUT2D eigenvalue weighted by atomic mass is 19.2. The zero-order valence-electron chi connectivity index (χ0n) is 16.9. The van der Waals surface area contributed by atoms with E-state index in [1.807, 2.05) is 0 Å². The summed E-state index contributed by atoms with van der Waals surface area (Å²) in [4.78, 5) is 14.0. The Labute approximate surface area is 182 Å². The highest BCUT2D eigenvalue weighted by Crippen LogP contribution is 2.36. The highest BCUT2D eigenvalue weighted by molar-refractivity contribution is 5.89. The van der Waals surface area contributed by atoms with Crippen LogP contribution in [0.1, 0.15) is 36.3 Å². The molecule has 1 heterocycles. The van der Waals surface area contributed by atoms with Gasteiger partial charge in [0, 0.05) is 30.8 Å². The Balaban J connectivity index is 1.95. The van der Waals surface area contributed by atoms with Gasteiger partial charge in [-0.3, -0.25) is 4.79 Å². The molecule has 1 aliphatic heterocycles. The monoisotopic (exact) mass is 450 g/mol. The van der Waals surface area contributed by atoms with Crippen LogP contribution in [0.15, 0.2) is 48.2 Å². The normalized spacial score (nSPS) is 18.5. The second kappa shape index (κ2) is 9.95. The summed E-state index contributed by atoms with van der Waals surface area (Å²) in [6.07, 6.45) is 0.976. The maximum atomic E-state index is 14.6. The molecule has 170 valence electrons. The molecule has 9 heteroatoms. The molecule has 2 aromatic rings. The molecule has 3 rings (SSSR count). The van der Waals surface area contributed by atoms with Gasteiger partial charge >= 0.3 is 0 Å². The lowest BCUT2D eigenvalue weighted by atomic mass is 9.84. The number of amides is 1. The van der Waals surface area contributed by atoms with E-state index >= 15 is 0 Å². The first kappa shape index (κ1) is 23.5. The first-order valence-corrected chi connectivity index (χ1v) is 10.0. The lowest BCUT2D eigenvalue weighted by Crippen LogP contribution is -2.36. The lowest BCUT2D eigenvalue weighted by Gasteiger charge is -2.28. The minimum Gasteiger partial charge on any atom is -0.509 e. The number of hydrogen-bond donors (Lipinski definition) is 3. The largest absolute Gasteiger partial charge is 0.509 e. The van der Waals surface area contributed by atoms with Crippen molar-refractivity contribution in [1.82, 2.24) is 4.90 Å². The third-order valence-corrected chi connectivity index (χ3v) is 5.58. The van der Waals surface area contributed by atoms with E-state index < -0.39 is 53.0 Å². The molecule has 0 aromatic heterocycles. The van der Waals surface area contributed by atoms with Crippen molar-refractivity contribution < 1.29 is 32.6 Å². The van der Waals surface area contributed by atoms with Gasteiger partial charge in [-0.2, -0.15) is 0 Å². The van der Waals surface area contributed by atoms with Crippen molar-refractivity contribution in [3.8, 4) is 0 Å². The van der Waals surface area contributed by atoms with Crippen molar-refractivity contribution >= 4 is 12.1 Å². The van der Waals surface area contributed by atoms with E-state index in [-0.39, 0.29) is 17.5 Å². The Morgan fingerprint density at radius 1 is 1.12 bits per heavy atom. The van der Waals surface area contributed by atoms with Crippen molar-refractivity contribution in [3.63, 3.8) is 0 Å².